The molecule has 3 aromatic rings. The molecule has 2 aromatic heterocycles. The van der Waals surface area contributed by atoms with Crippen LogP contribution in [-0.4, -0.2) is 20.6 Å². The fraction of sp³-hybridized carbons (Fsp3) is 0.174. The van der Waals surface area contributed by atoms with E-state index in [2.05, 4.69) is 38.9 Å². The van der Waals surface area contributed by atoms with Crippen LogP contribution in [0.25, 0.3) is 11.9 Å². The maximum Gasteiger partial charge on any atom is 0.264 e. The van der Waals surface area contributed by atoms with E-state index in [1.807, 2.05) is 63.4 Å². The lowest BCUT2D eigenvalue weighted by Crippen LogP contribution is -2.19. The third-order valence-corrected chi connectivity index (χ3v) is 5.71. The minimum absolute atomic E-state index is 0.126. The van der Waals surface area contributed by atoms with Crippen LogP contribution in [0.4, 0.5) is 5.69 Å². The van der Waals surface area contributed by atoms with Gasteiger partial charge in [-0.25, -0.2) is 9.98 Å². The van der Waals surface area contributed by atoms with Crippen LogP contribution >= 0.6 is 11.8 Å². The number of thioether (sulfide) groups is 1. The molecule has 1 fully saturated rings. The van der Waals surface area contributed by atoms with Crippen molar-refractivity contribution in [1.82, 2.24) is 14.9 Å². The van der Waals surface area contributed by atoms with Crippen LogP contribution < -0.4 is 5.32 Å². The van der Waals surface area contributed by atoms with E-state index in [4.69, 9.17) is 0 Å². The van der Waals surface area contributed by atoms with Gasteiger partial charge in [0.2, 0.25) is 0 Å². The van der Waals surface area contributed by atoms with E-state index in [1.54, 1.807) is 0 Å². The molecule has 1 N–H and O–H groups in total. The minimum Gasteiger partial charge on any atom is -0.303 e. The maximum absolute atomic E-state index is 12.5. The first-order chi connectivity index (χ1) is 13.9. The van der Waals surface area contributed by atoms with Crippen LogP contribution in [-0.2, 0) is 4.79 Å². The molecule has 146 valence electrons. The van der Waals surface area contributed by atoms with Crippen molar-refractivity contribution in [3.63, 3.8) is 0 Å². The molecule has 29 heavy (non-hydrogen) atoms. The number of benzene rings is 1. The number of amides is 1. The first-order valence-electron chi connectivity index (χ1n) is 9.39. The molecular weight excluding hydrogens is 380 g/mol. The SMILES string of the molecule is Cc1ccc(N=C2NC(=O)/C(=C\c3cc(C)n(-c4cc(C)ccn4)c3C)S2)cc1. The molecule has 0 saturated carbocycles. The van der Waals surface area contributed by atoms with Crippen LogP contribution in [0.15, 0.2) is 58.6 Å². The summed E-state index contributed by atoms with van der Waals surface area (Å²) in [6.07, 6.45) is 3.74. The number of hydrogen-bond donors (Lipinski definition) is 1. The highest BCUT2D eigenvalue weighted by molar-refractivity contribution is 8.18. The molecule has 1 amide bonds. The Morgan fingerprint density at radius 1 is 1.03 bits per heavy atom. The fourth-order valence-electron chi connectivity index (χ4n) is 3.29. The standard InChI is InChI=1S/C23H22N4OS/c1-14-5-7-19(8-6-14)25-23-26-22(28)20(29-23)13-18-12-16(3)27(17(18)4)21-11-15(2)9-10-24-21/h5-13H,1-4H3,(H,25,26,28)/b20-13+. The minimum atomic E-state index is -0.126. The van der Waals surface area contributed by atoms with Crippen LogP contribution in [0.3, 0.4) is 0 Å². The summed E-state index contributed by atoms with van der Waals surface area (Å²) < 4.78 is 2.11. The number of carbonyl (C=O) groups excluding carboxylic acids is 1. The van der Waals surface area contributed by atoms with Crippen molar-refractivity contribution in [2.45, 2.75) is 27.7 Å². The molecular formula is C23H22N4OS. The maximum atomic E-state index is 12.5. The van der Waals surface area contributed by atoms with E-state index >= 15 is 0 Å². The van der Waals surface area contributed by atoms with E-state index in [0.717, 1.165) is 34.0 Å². The summed E-state index contributed by atoms with van der Waals surface area (Å²) in [5.41, 5.74) is 6.28. The molecule has 0 spiro atoms. The van der Waals surface area contributed by atoms with Crippen molar-refractivity contribution in [2.75, 3.05) is 0 Å². The number of amidine groups is 1. The van der Waals surface area contributed by atoms with Gasteiger partial charge in [0.25, 0.3) is 5.91 Å². The number of nitrogens with zero attached hydrogens (tertiary/aromatic N) is 3. The zero-order valence-electron chi connectivity index (χ0n) is 16.9. The van der Waals surface area contributed by atoms with Gasteiger partial charge in [-0.2, -0.15) is 0 Å². The Balaban J connectivity index is 1.64. The number of aromatic nitrogens is 2. The van der Waals surface area contributed by atoms with Crippen molar-refractivity contribution in [3.05, 3.63) is 81.6 Å². The van der Waals surface area contributed by atoms with E-state index in [1.165, 1.54) is 17.3 Å². The first kappa shape index (κ1) is 19.2. The van der Waals surface area contributed by atoms with Gasteiger partial charge in [0, 0.05) is 17.6 Å². The van der Waals surface area contributed by atoms with Crippen molar-refractivity contribution in [1.29, 1.82) is 0 Å². The van der Waals surface area contributed by atoms with Gasteiger partial charge < -0.3 is 9.88 Å². The Hall–Kier alpha value is -3.12. The fourth-order valence-corrected chi connectivity index (χ4v) is 4.12. The average molecular weight is 403 g/mol. The van der Waals surface area contributed by atoms with E-state index in [0.29, 0.717) is 10.1 Å². The quantitative estimate of drug-likeness (QED) is 0.628. The largest absolute Gasteiger partial charge is 0.303 e. The van der Waals surface area contributed by atoms with Crippen molar-refractivity contribution < 1.29 is 4.79 Å². The Kier molecular flexibility index (Phi) is 5.11. The zero-order chi connectivity index (χ0) is 20.5. The predicted octanol–water partition coefficient (Wildman–Crippen LogP) is 5.00. The van der Waals surface area contributed by atoms with E-state index in [-0.39, 0.29) is 5.91 Å². The lowest BCUT2D eigenvalue weighted by Gasteiger charge is -2.09. The van der Waals surface area contributed by atoms with Crippen LogP contribution in [0.2, 0.25) is 0 Å². The van der Waals surface area contributed by atoms with Gasteiger partial charge in [0.1, 0.15) is 5.82 Å². The molecule has 5 nitrogen and oxygen atoms in total. The van der Waals surface area contributed by atoms with Gasteiger partial charge >= 0.3 is 0 Å². The highest BCUT2D eigenvalue weighted by Crippen LogP contribution is 2.30. The van der Waals surface area contributed by atoms with Gasteiger partial charge in [0.05, 0.1) is 10.6 Å². The summed E-state index contributed by atoms with van der Waals surface area (Å²) in [6.45, 7) is 8.18. The Morgan fingerprint density at radius 3 is 2.52 bits per heavy atom. The first-order valence-corrected chi connectivity index (χ1v) is 10.2. The van der Waals surface area contributed by atoms with Gasteiger partial charge in [-0.1, -0.05) is 17.7 Å². The molecule has 0 aliphatic carbocycles. The predicted molar refractivity (Wildman–Crippen MR) is 120 cm³/mol. The van der Waals surface area contributed by atoms with Crippen LogP contribution in [0, 0.1) is 27.7 Å². The lowest BCUT2D eigenvalue weighted by atomic mass is 10.2. The summed E-state index contributed by atoms with van der Waals surface area (Å²) in [6, 6.07) is 14.0. The summed E-state index contributed by atoms with van der Waals surface area (Å²) in [4.78, 5) is 22.1. The van der Waals surface area contributed by atoms with Gasteiger partial charge in [-0.3, -0.25) is 4.79 Å². The van der Waals surface area contributed by atoms with Gasteiger partial charge in [-0.05, 0) is 87.0 Å². The highest BCUT2D eigenvalue weighted by atomic mass is 32.2. The van der Waals surface area contributed by atoms with Crippen LogP contribution in [0.1, 0.15) is 28.1 Å². The molecule has 4 rings (SSSR count). The second kappa shape index (κ2) is 7.72. The summed E-state index contributed by atoms with van der Waals surface area (Å²) in [5.74, 6) is 0.758. The number of pyridine rings is 1. The summed E-state index contributed by atoms with van der Waals surface area (Å²) in [5, 5.41) is 3.45. The van der Waals surface area contributed by atoms with Gasteiger partial charge in [0.15, 0.2) is 5.17 Å². The normalized spacial score (nSPS) is 16.6. The summed E-state index contributed by atoms with van der Waals surface area (Å²) in [7, 11) is 0. The third kappa shape index (κ3) is 4.03. The monoisotopic (exact) mass is 402 g/mol. The van der Waals surface area contributed by atoms with Crippen molar-refractivity contribution in [2.24, 2.45) is 4.99 Å². The molecule has 1 aliphatic heterocycles. The molecule has 0 bridgehead atoms. The smallest absolute Gasteiger partial charge is 0.264 e. The molecule has 0 atom stereocenters. The van der Waals surface area contributed by atoms with E-state index in [9.17, 15) is 4.79 Å². The zero-order valence-corrected chi connectivity index (χ0v) is 17.7. The molecule has 3 heterocycles. The van der Waals surface area contributed by atoms with E-state index < -0.39 is 0 Å². The number of aryl methyl sites for hydroxylation is 3. The third-order valence-electron chi connectivity index (χ3n) is 4.80. The van der Waals surface area contributed by atoms with Gasteiger partial charge in [-0.15, -0.1) is 0 Å². The molecule has 6 heteroatoms. The number of aliphatic imine (C=N–C) groups is 1. The Labute approximate surface area is 174 Å². The Morgan fingerprint density at radius 2 is 1.79 bits per heavy atom. The number of nitrogens with one attached hydrogen (secondary N) is 1. The number of hydrogen-bond acceptors (Lipinski definition) is 4. The van der Waals surface area contributed by atoms with Crippen molar-refractivity contribution >= 4 is 34.6 Å². The Bertz CT molecular complexity index is 1160. The number of carbonyl (C=O) groups is 1. The lowest BCUT2D eigenvalue weighted by molar-refractivity contribution is -0.115. The molecule has 1 saturated heterocycles. The molecule has 1 aromatic carbocycles. The highest BCUT2D eigenvalue weighted by Gasteiger charge is 2.24. The molecule has 0 unspecified atom stereocenters. The average Bonchev–Trinajstić information content (AvgIpc) is 3.16. The summed E-state index contributed by atoms with van der Waals surface area (Å²) >= 11 is 1.36. The topological polar surface area (TPSA) is 59.3 Å². The molecule has 1 aliphatic rings. The molecule has 0 radical (unpaired) electrons. The second-order valence-electron chi connectivity index (χ2n) is 7.17. The van der Waals surface area contributed by atoms with Crippen molar-refractivity contribution in [3.8, 4) is 5.82 Å². The second-order valence-corrected chi connectivity index (χ2v) is 8.20. The van der Waals surface area contributed by atoms with Crippen LogP contribution in [0.5, 0.6) is 0 Å². The number of rotatable bonds is 3.